The number of hydrogen-bond donors (Lipinski definition) is 1. The molecule has 4 heteroatoms. The second-order valence-corrected chi connectivity index (χ2v) is 6.83. The maximum absolute atomic E-state index is 12.6. The van der Waals surface area contributed by atoms with Gasteiger partial charge in [-0.2, -0.15) is 0 Å². The quantitative estimate of drug-likeness (QED) is 0.545. The van der Waals surface area contributed by atoms with Crippen molar-refractivity contribution in [3.05, 3.63) is 60.7 Å². The van der Waals surface area contributed by atoms with E-state index >= 15 is 0 Å². The first kappa shape index (κ1) is 18.5. The van der Waals surface area contributed by atoms with Gasteiger partial charge in [-0.05, 0) is 37.1 Å². The van der Waals surface area contributed by atoms with Crippen LogP contribution < -0.4 is 10.4 Å². The van der Waals surface area contributed by atoms with Crippen molar-refractivity contribution in [2.45, 2.75) is 51.7 Å². The Morgan fingerprint density at radius 1 is 0.885 bits per heavy atom. The van der Waals surface area contributed by atoms with E-state index < -0.39 is 0 Å². The lowest BCUT2D eigenvalue weighted by Crippen LogP contribution is -2.48. The van der Waals surface area contributed by atoms with Gasteiger partial charge in [-0.1, -0.05) is 63.1 Å². The molecule has 1 saturated heterocycles. The van der Waals surface area contributed by atoms with Crippen LogP contribution in [0, 0.1) is 5.92 Å². The molecule has 0 spiro atoms. The molecule has 0 radical (unpaired) electrons. The molecular weight excluding hydrogens is 324 g/mol. The third-order valence-electron chi connectivity index (χ3n) is 4.92. The zero-order chi connectivity index (χ0) is 18.4. The maximum Gasteiger partial charge on any atom is 0.325 e. The molecule has 2 aromatic carbocycles. The Labute approximate surface area is 156 Å². The Kier molecular flexibility index (Phi) is 6.29. The number of ether oxygens (including phenoxy) is 1. The minimum absolute atomic E-state index is 0.0124. The second kappa shape index (κ2) is 8.86. The van der Waals surface area contributed by atoms with Crippen molar-refractivity contribution in [3.63, 3.8) is 0 Å². The smallest absolute Gasteiger partial charge is 0.325 e. The third-order valence-corrected chi connectivity index (χ3v) is 4.92. The van der Waals surface area contributed by atoms with Crippen LogP contribution in [0.15, 0.2) is 60.7 Å². The molecule has 3 rings (SSSR count). The normalized spacial score (nSPS) is 22.2. The number of carbonyl (C=O) groups excluding carboxylic acids is 1. The number of nitrogens with zero attached hydrogens (tertiary/aromatic N) is 1. The van der Waals surface area contributed by atoms with Gasteiger partial charge >= 0.3 is 5.97 Å². The Balaban J connectivity index is 1.89. The van der Waals surface area contributed by atoms with Crippen molar-refractivity contribution >= 4 is 17.3 Å². The predicted octanol–water partition coefficient (Wildman–Crippen LogP) is 4.84. The molecule has 1 aliphatic rings. The van der Waals surface area contributed by atoms with E-state index in [4.69, 9.17) is 4.74 Å². The Morgan fingerprint density at radius 2 is 1.42 bits per heavy atom. The molecule has 26 heavy (non-hydrogen) atoms. The van der Waals surface area contributed by atoms with Crippen LogP contribution in [0.2, 0.25) is 0 Å². The molecule has 1 N–H and O–H groups in total. The summed E-state index contributed by atoms with van der Waals surface area (Å²) in [6.45, 7) is 4.30. The number of hydrazine groups is 1. The van der Waals surface area contributed by atoms with E-state index in [1.165, 1.54) is 0 Å². The van der Waals surface area contributed by atoms with Crippen LogP contribution in [0.5, 0.6) is 0 Å². The molecule has 1 fully saturated rings. The predicted molar refractivity (Wildman–Crippen MR) is 105 cm³/mol. The van der Waals surface area contributed by atoms with E-state index in [1.54, 1.807) is 0 Å². The number of esters is 1. The molecular formula is C22H28N2O2. The van der Waals surface area contributed by atoms with Gasteiger partial charge in [0.2, 0.25) is 0 Å². The largest absolute Gasteiger partial charge is 0.461 e. The summed E-state index contributed by atoms with van der Waals surface area (Å²) in [6.07, 6.45) is 3.97. The number of anilines is 2. The van der Waals surface area contributed by atoms with Crippen LogP contribution >= 0.6 is 0 Å². The number of carbonyl (C=O) groups is 1. The summed E-state index contributed by atoms with van der Waals surface area (Å²) in [5.74, 6) is 0.0566. The van der Waals surface area contributed by atoms with Crippen molar-refractivity contribution in [2.24, 2.45) is 5.92 Å². The molecule has 2 unspecified atom stereocenters. The second-order valence-electron chi connectivity index (χ2n) is 6.83. The van der Waals surface area contributed by atoms with Gasteiger partial charge in [-0.25, -0.2) is 5.43 Å². The minimum atomic E-state index is -0.327. The Bertz CT molecular complexity index is 650. The maximum atomic E-state index is 12.6. The number of rotatable bonds is 8. The first-order valence-corrected chi connectivity index (χ1v) is 9.61. The van der Waals surface area contributed by atoms with Crippen molar-refractivity contribution in [1.29, 1.82) is 0 Å². The fourth-order valence-electron chi connectivity index (χ4n) is 3.68. The van der Waals surface area contributed by atoms with E-state index in [2.05, 4.69) is 19.3 Å². The molecule has 0 aromatic heterocycles. The van der Waals surface area contributed by atoms with Crippen LogP contribution in [-0.2, 0) is 9.53 Å². The van der Waals surface area contributed by atoms with Crippen molar-refractivity contribution in [1.82, 2.24) is 5.43 Å². The summed E-state index contributed by atoms with van der Waals surface area (Å²) < 4.78 is 5.72. The molecule has 2 aromatic rings. The van der Waals surface area contributed by atoms with Gasteiger partial charge in [0.15, 0.2) is 0 Å². The standard InChI is InChI=1S/C22H28N2O2/c1-3-11-19-20(12-4-2)26-22(25)21(19)23-24(17-13-7-5-8-14-17)18-15-9-6-10-16-18/h5-10,13-16,19-21,23H,3-4,11-12H2,1-2H3/t19?,20-,21?/m1/s1. The summed E-state index contributed by atoms with van der Waals surface area (Å²) in [6, 6.07) is 19.8. The molecule has 0 amide bonds. The van der Waals surface area contributed by atoms with Crippen molar-refractivity contribution < 1.29 is 9.53 Å². The van der Waals surface area contributed by atoms with E-state index in [0.29, 0.717) is 0 Å². The summed E-state index contributed by atoms with van der Waals surface area (Å²) in [5.41, 5.74) is 5.48. The molecule has 3 atom stereocenters. The monoisotopic (exact) mass is 352 g/mol. The highest BCUT2D eigenvalue weighted by Crippen LogP contribution is 2.32. The molecule has 4 nitrogen and oxygen atoms in total. The zero-order valence-corrected chi connectivity index (χ0v) is 15.6. The highest BCUT2D eigenvalue weighted by molar-refractivity contribution is 5.79. The van der Waals surface area contributed by atoms with Gasteiger partial charge in [-0.15, -0.1) is 0 Å². The summed E-state index contributed by atoms with van der Waals surface area (Å²) in [7, 11) is 0. The van der Waals surface area contributed by atoms with Gasteiger partial charge in [-0.3, -0.25) is 9.80 Å². The van der Waals surface area contributed by atoms with Crippen molar-refractivity contribution in [3.8, 4) is 0 Å². The van der Waals surface area contributed by atoms with Crippen LogP contribution in [0.25, 0.3) is 0 Å². The van der Waals surface area contributed by atoms with Crippen LogP contribution in [0.1, 0.15) is 39.5 Å². The Morgan fingerprint density at radius 3 is 1.92 bits per heavy atom. The lowest BCUT2D eigenvalue weighted by molar-refractivity contribution is -0.143. The fraction of sp³-hybridized carbons (Fsp3) is 0.409. The Hall–Kier alpha value is -2.33. The lowest BCUT2D eigenvalue weighted by atomic mass is 9.90. The third kappa shape index (κ3) is 4.07. The molecule has 138 valence electrons. The van der Waals surface area contributed by atoms with Crippen LogP contribution in [-0.4, -0.2) is 18.1 Å². The molecule has 1 heterocycles. The minimum Gasteiger partial charge on any atom is -0.461 e. The summed E-state index contributed by atoms with van der Waals surface area (Å²) in [4.78, 5) is 12.6. The number of benzene rings is 2. The van der Waals surface area contributed by atoms with Crippen molar-refractivity contribution in [2.75, 3.05) is 5.01 Å². The van der Waals surface area contributed by atoms with Crippen LogP contribution in [0.3, 0.4) is 0 Å². The average Bonchev–Trinajstić information content (AvgIpc) is 2.96. The van der Waals surface area contributed by atoms with Gasteiger partial charge in [0.25, 0.3) is 0 Å². The van der Waals surface area contributed by atoms with Gasteiger partial charge in [0.05, 0.1) is 11.4 Å². The number of cyclic esters (lactones) is 1. The number of hydrogen-bond acceptors (Lipinski definition) is 4. The molecule has 1 aliphatic heterocycles. The zero-order valence-electron chi connectivity index (χ0n) is 15.6. The van der Waals surface area contributed by atoms with E-state index in [9.17, 15) is 4.79 Å². The van der Waals surface area contributed by atoms with Crippen LogP contribution in [0.4, 0.5) is 11.4 Å². The SMILES string of the molecule is CCCC1C(NN(c2ccccc2)c2ccccc2)C(=O)O[C@@H]1CCC. The lowest BCUT2D eigenvalue weighted by Gasteiger charge is -2.30. The van der Waals surface area contributed by atoms with E-state index in [1.807, 2.05) is 65.7 Å². The molecule has 0 bridgehead atoms. The fourth-order valence-corrected chi connectivity index (χ4v) is 3.68. The highest BCUT2D eigenvalue weighted by atomic mass is 16.6. The van der Waals surface area contributed by atoms with Gasteiger partial charge < -0.3 is 4.74 Å². The summed E-state index contributed by atoms with van der Waals surface area (Å²) in [5, 5.41) is 2.00. The number of para-hydroxylation sites is 2. The van der Waals surface area contributed by atoms with E-state index in [-0.39, 0.29) is 24.0 Å². The number of nitrogens with one attached hydrogen (secondary N) is 1. The topological polar surface area (TPSA) is 41.6 Å². The van der Waals surface area contributed by atoms with Gasteiger partial charge in [0, 0.05) is 5.92 Å². The molecule has 0 saturated carbocycles. The average molecular weight is 352 g/mol. The van der Waals surface area contributed by atoms with Gasteiger partial charge in [0.1, 0.15) is 12.1 Å². The highest BCUT2D eigenvalue weighted by Gasteiger charge is 2.44. The molecule has 0 aliphatic carbocycles. The first-order valence-electron chi connectivity index (χ1n) is 9.61. The summed E-state index contributed by atoms with van der Waals surface area (Å²) >= 11 is 0. The first-order chi connectivity index (χ1) is 12.7. The van der Waals surface area contributed by atoms with E-state index in [0.717, 1.165) is 37.1 Å².